The first-order chi connectivity index (χ1) is 13.4. The molecule has 0 unspecified atom stereocenters. The second-order valence-corrected chi connectivity index (χ2v) is 6.74. The van der Waals surface area contributed by atoms with Gasteiger partial charge in [0.15, 0.2) is 6.61 Å². The van der Waals surface area contributed by atoms with E-state index < -0.39 is 17.5 Å². The lowest BCUT2D eigenvalue weighted by Gasteiger charge is -2.14. The van der Waals surface area contributed by atoms with Crippen molar-refractivity contribution in [3.8, 4) is 16.9 Å². The molecule has 1 amide bonds. The monoisotopic (exact) mass is 381 g/mol. The number of anilines is 1. The third-order valence-corrected chi connectivity index (χ3v) is 4.30. The van der Waals surface area contributed by atoms with Crippen LogP contribution >= 0.6 is 0 Å². The van der Waals surface area contributed by atoms with Crippen molar-refractivity contribution in [2.75, 3.05) is 11.9 Å². The summed E-state index contributed by atoms with van der Waals surface area (Å²) in [6.07, 6.45) is 0. The molecule has 5 heteroatoms. The molecular formula is C23H21F2NO2. The predicted octanol–water partition coefficient (Wildman–Crippen LogP) is 5.77. The normalized spacial score (nSPS) is 10.8. The summed E-state index contributed by atoms with van der Waals surface area (Å²) < 4.78 is 33.6. The van der Waals surface area contributed by atoms with Crippen LogP contribution in [0.2, 0.25) is 0 Å². The van der Waals surface area contributed by atoms with Crippen LogP contribution in [0.3, 0.4) is 0 Å². The molecule has 1 N–H and O–H groups in total. The predicted molar refractivity (Wildman–Crippen MR) is 106 cm³/mol. The van der Waals surface area contributed by atoms with Gasteiger partial charge < -0.3 is 10.1 Å². The highest BCUT2D eigenvalue weighted by Gasteiger charge is 2.16. The molecule has 3 aromatic carbocycles. The van der Waals surface area contributed by atoms with Crippen molar-refractivity contribution in [1.82, 2.24) is 0 Å². The zero-order valence-electron chi connectivity index (χ0n) is 15.7. The van der Waals surface area contributed by atoms with Crippen LogP contribution in [0.25, 0.3) is 11.1 Å². The van der Waals surface area contributed by atoms with Gasteiger partial charge in [0.25, 0.3) is 5.91 Å². The van der Waals surface area contributed by atoms with Gasteiger partial charge in [-0.1, -0.05) is 56.3 Å². The van der Waals surface area contributed by atoms with Crippen molar-refractivity contribution in [2.45, 2.75) is 19.8 Å². The Hall–Kier alpha value is -3.21. The molecule has 3 nitrogen and oxygen atoms in total. The Balaban J connectivity index is 1.76. The number of hydrogen-bond donors (Lipinski definition) is 1. The van der Waals surface area contributed by atoms with E-state index in [1.165, 1.54) is 6.07 Å². The zero-order chi connectivity index (χ0) is 20.1. The van der Waals surface area contributed by atoms with Gasteiger partial charge in [-0.3, -0.25) is 4.79 Å². The number of amides is 1. The van der Waals surface area contributed by atoms with Gasteiger partial charge in [-0.25, -0.2) is 8.78 Å². The minimum Gasteiger partial charge on any atom is -0.484 e. The second kappa shape index (κ2) is 8.65. The number of halogens is 2. The Morgan fingerprint density at radius 1 is 1.00 bits per heavy atom. The zero-order valence-corrected chi connectivity index (χ0v) is 15.7. The number of carbonyl (C=O) groups is 1. The number of carbonyl (C=O) groups excluding carboxylic acids is 1. The van der Waals surface area contributed by atoms with Crippen LogP contribution in [0.4, 0.5) is 14.5 Å². The number of ether oxygens (including phenoxy) is 1. The van der Waals surface area contributed by atoms with Crippen LogP contribution in [0.15, 0.2) is 66.7 Å². The molecule has 0 aliphatic rings. The first-order valence-corrected chi connectivity index (χ1v) is 9.01. The highest BCUT2D eigenvalue weighted by Crippen LogP contribution is 2.31. The number of benzene rings is 3. The van der Waals surface area contributed by atoms with E-state index in [9.17, 15) is 13.6 Å². The molecule has 144 valence electrons. The molecule has 0 spiro atoms. The van der Waals surface area contributed by atoms with Crippen molar-refractivity contribution in [1.29, 1.82) is 0 Å². The Morgan fingerprint density at radius 3 is 2.46 bits per heavy atom. The summed E-state index contributed by atoms with van der Waals surface area (Å²) in [7, 11) is 0. The smallest absolute Gasteiger partial charge is 0.262 e. The molecule has 3 aromatic rings. The topological polar surface area (TPSA) is 38.3 Å². The fraction of sp³-hybridized carbons (Fsp3) is 0.174. The van der Waals surface area contributed by atoms with Crippen molar-refractivity contribution in [2.24, 2.45) is 0 Å². The van der Waals surface area contributed by atoms with Crippen LogP contribution in [-0.4, -0.2) is 12.5 Å². The van der Waals surface area contributed by atoms with Crippen molar-refractivity contribution >= 4 is 11.6 Å². The maximum absolute atomic E-state index is 14.4. The Bertz CT molecular complexity index is 972. The fourth-order valence-corrected chi connectivity index (χ4v) is 2.83. The summed E-state index contributed by atoms with van der Waals surface area (Å²) in [5, 5.41) is 2.51. The lowest BCUT2D eigenvalue weighted by Crippen LogP contribution is -2.21. The lowest BCUT2D eigenvalue weighted by atomic mass is 10.0. The average molecular weight is 381 g/mol. The quantitative estimate of drug-likeness (QED) is 0.588. The minimum atomic E-state index is -0.839. The summed E-state index contributed by atoms with van der Waals surface area (Å²) in [4.78, 5) is 12.3. The summed E-state index contributed by atoms with van der Waals surface area (Å²) in [5.41, 5.74) is 1.89. The largest absolute Gasteiger partial charge is 0.484 e. The first kappa shape index (κ1) is 19.5. The molecule has 0 saturated heterocycles. The van der Waals surface area contributed by atoms with Gasteiger partial charge in [-0.15, -0.1) is 0 Å². The van der Waals surface area contributed by atoms with E-state index in [1.54, 1.807) is 36.4 Å². The Labute approximate surface area is 163 Å². The molecule has 0 atom stereocenters. The number of hydrogen-bond acceptors (Lipinski definition) is 2. The summed E-state index contributed by atoms with van der Waals surface area (Å²) in [5.74, 6) is -1.19. The van der Waals surface area contributed by atoms with Gasteiger partial charge in [0.05, 0.1) is 5.69 Å². The minimum absolute atomic E-state index is 0.0721. The van der Waals surface area contributed by atoms with E-state index in [-0.39, 0.29) is 17.9 Å². The number of rotatable bonds is 6. The van der Waals surface area contributed by atoms with E-state index in [0.717, 1.165) is 11.6 Å². The van der Waals surface area contributed by atoms with Crippen LogP contribution < -0.4 is 10.1 Å². The molecular weight excluding hydrogens is 360 g/mol. The van der Waals surface area contributed by atoms with Crippen LogP contribution in [-0.2, 0) is 4.79 Å². The fourth-order valence-electron chi connectivity index (χ4n) is 2.83. The van der Waals surface area contributed by atoms with Gasteiger partial charge in [-0.2, -0.15) is 0 Å². The molecule has 28 heavy (non-hydrogen) atoms. The third kappa shape index (κ3) is 4.74. The van der Waals surface area contributed by atoms with Crippen molar-refractivity contribution < 1.29 is 18.3 Å². The molecule has 0 heterocycles. The van der Waals surface area contributed by atoms with E-state index in [1.807, 2.05) is 18.2 Å². The summed E-state index contributed by atoms with van der Waals surface area (Å²) >= 11 is 0. The molecule has 0 bridgehead atoms. The Kier molecular flexibility index (Phi) is 6.04. The molecule has 0 radical (unpaired) electrons. The van der Waals surface area contributed by atoms with E-state index in [0.29, 0.717) is 17.2 Å². The molecule has 0 aliphatic heterocycles. The molecule has 0 aromatic heterocycles. The van der Waals surface area contributed by atoms with E-state index >= 15 is 0 Å². The van der Waals surface area contributed by atoms with E-state index in [4.69, 9.17) is 4.74 Å². The van der Waals surface area contributed by atoms with Crippen LogP contribution in [0.1, 0.15) is 25.3 Å². The number of nitrogens with one attached hydrogen (secondary N) is 1. The SMILES string of the molecule is CC(C)c1cccc(OCC(=O)Nc2c(F)cc(F)cc2-c2ccccc2)c1. The third-order valence-electron chi connectivity index (χ3n) is 4.30. The average Bonchev–Trinajstić information content (AvgIpc) is 2.69. The summed E-state index contributed by atoms with van der Waals surface area (Å²) in [6.45, 7) is 3.84. The molecule has 3 rings (SSSR count). The maximum Gasteiger partial charge on any atom is 0.262 e. The Morgan fingerprint density at radius 2 is 1.75 bits per heavy atom. The van der Waals surface area contributed by atoms with Gasteiger partial charge in [-0.05, 0) is 35.2 Å². The lowest BCUT2D eigenvalue weighted by molar-refractivity contribution is -0.118. The van der Waals surface area contributed by atoms with E-state index in [2.05, 4.69) is 19.2 Å². The second-order valence-electron chi connectivity index (χ2n) is 6.74. The van der Waals surface area contributed by atoms with Crippen LogP contribution in [0.5, 0.6) is 5.75 Å². The highest BCUT2D eigenvalue weighted by molar-refractivity contribution is 5.96. The summed E-state index contributed by atoms with van der Waals surface area (Å²) in [6, 6.07) is 18.2. The molecule has 0 aliphatic carbocycles. The highest BCUT2D eigenvalue weighted by atomic mass is 19.1. The maximum atomic E-state index is 14.4. The van der Waals surface area contributed by atoms with Gasteiger partial charge in [0, 0.05) is 11.6 Å². The standard InChI is InChI=1S/C23H21F2NO2/c1-15(2)17-9-6-10-19(11-17)28-14-22(27)26-23-20(12-18(24)13-21(23)25)16-7-4-3-5-8-16/h3-13,15H,14H2,1-2H3,(H,26,27). The van der Waals surface area contributed by atoms with Crippen LogP contribution in [0, 0.1) is 11.6 Å². The van der Waals surface area contributed by atoms with Gasteiger partial charge in [0.1, 0.15) is 17.4 Å². The molecule has 0 fully saturated rings. The van der Waals surface area contributed by atoms with Crippen molar-refractivity contribution in [3.05, 3.63) is 83.9 Å². The first-order valence-electron chi connectivity index (χ1n) is 9.01. The van der Waals surface area contributed by atoms with Crippen molar-refractivity contribution in [3.63, 3.8) is 0 Å². The van der Waals surface area contributed by atoms with Gasteiger partial charge >= 0.3 is 0 Å². The molecule has 0 saturated carbocycles. The van der Waals surface area contributed by atoms with Gasteiger partial charge in [0.2, 0.25) is 0 Å².